The number of likely N-dealkylation sites (tertiary alicyclic amines) is 1. The van der Waals surface area contributed by atoms with E-state index in [9.17, 15) is 14.0 Å². The highest BCUT2D eigenvalue weighted by Crippen LogP contribution is 2.35. The number of aromatic nitrogens is 2. The summed E-state index contributed by atoms with van der Waals surface area (Å²) in [5.41, 5.74) is 0.0783. The molecule has 0 unspecified atom stereocenters. The summed E-state index contributed by atoms with van der Waals surface area (Å²) in [7, 11) is 0. The van der Waals surface area contributed by atoms with Crippen LogP contribution in [0.4, 0.5) is 4.39 Å². The molecule has 2 fully saturated rings. The fourth-order valence-corrected chi connectivity index (χ4v) is 4.41. The van der Waals surface area contributed by atoms with Crippen molar-refractivity contribution in [2.75, 3.05) is 6.54 Å². The Labute approximate surface area is 145 Å². The van der Waals surface area contributed by atoms with Gasteiger partial charge in [0.25, 0.3) is 5.56 Å². The van der Waals surface area contributed by atoms with Crippen LogP contribution in [-0.4, -0.2) is 32.9 Å². The second-order valence-corrected chi connectivity index (χ2v) is 7.18. The standard InChI is InChI=1S/C19H22FN3O2/c20-14-7-8-16-15(10-14)19(25)22(12-21-16)11-18(24)23-9-3-6-17(23)13-4-1-2-5-13/h7-8,10,12-13,17H,1-6,9,11H2/t17-/m1/s1. The summed E-state index contributed by atoms with van der Waals surface area (Å²) in [5, 5.41) is 0.212. The summed E-state index contributed by atoms with van der Waals surface area (Å²) in [4.78, 5) is 31.5. The SMILES string of the molecule is O=C(Cn1cnc2ccc(F)cc2c1=O)N1CCC[C@@H]1C1CCCC1. The summed E-state index contributed by atoms with van der Waals surface area (Å²) in [6, 6.07) is 4.26. The first-order chi connectivity index (χ1) is 12.1. The van der Waals surface area contributed by atoms with E-state index in [1.807, 2.05) is 4.90 Å². The molecule has 0 radical (unpaired) electrons. The van der Waals surface area contributed by atoms with Crippen molar-refractivity contribution >= 4 is 16.8 Å². The fourth-order valence-electron chi connectivity index (χ4n) is 4.41. The van der Waals surface area contributed by atoms with Gasteiger partial charge >= 0.3 is 0 Å². The van der Waals surface area contributed by atoms with Crippen molar-refractivity contribution in [1.82, 2.24) is 14.5 Å². The van der Waals surface area contributed by atoms with Crippen molar-refractivity contribution in [1.29, 1.82) is 0 Å². The van der Waals surface area contributed by atoms with Crippen LogP contribution in [0.5, 0.6) is 0 Å². The van der Waals surface area contributed by atoms with E-state index in [4.69, 9.17) is 0 Å². The van der Waals surface area contributed by atoms with Gasteiger partial charge in [0, 0.05) is 12.6 Å². The summed E-state index contributed by atoms with van der Waals surface area (Å²) in [5.74, 6) is 0.0948. The molecule has 0 N–H and O–H groups in total. The Bertz CT molecular complexity index is 857. The molecule has 132 valence electrons. The molecule has 0 bridgehead atoms. The molecule has 1 aliphatic heterocycles. The number of carbonyl (C=O) groups is 1. The zero-order valence-corrected chi connectivity index (χ0v) is 14.2. The topological polar surface area (TPSA) is 55.2 Å². The van der Waals surface area contributed by atoms with Gasteiger partial charge in [-0.15, -0.1) is 0 Å². The molecule has 1 saturated heterocycles. The number of amides is 1. The van der Waals surface area contributed by atoms with Crippen LogP contribution >= 0.6 is 0 Å². The predicted molar refractivity (Wildman–Crippen MR) is 92.7 cm³/mol. The molecule has 2 aliphatic rings. The van der Waals surface area contributed by atoms with Gasteiger partial charge in [-0.2, -0.15) is 0 Å². The minimum Gasteiger partial charge on any atom is -0.338 e. The van der Waals surface area contributed by atoms with Gasteiger partial charge in [0.05, 0.1) is 17.2 Å². The van der Waals surface area contributed by atoms with Gasteiger partial charge in [0.15, 0.2) is 0 Å². The van der Waals surface area contributed by atoms with Crippen molar-refractivity contribution in [3.05, 3.63) is 40.7 Å². The van der Waals surface area contributed by atoms with Gasteiger partial charge in [0.1, 0.15) is 12.4 Å². The smallest absolute Gasteiger partial charge is 0.261 e. The molecule has 2 heterocycles. The highest BCUT2D eigenvalue weighted by molar-refractivity contribution is 5.79. The van der Waals surface area contributed by atoms with Crippen molar-refractivity contribution in [2.24, 2.45) is 5.92 Å². The molecule has 1 atom stereocenters. The highest BCUT2D eigenvalue weighted by atomic mass is 19.1. The molecule has 6 heteroatoms. The van der Waals surface area contributed by atoms with E-state index in [1.54, 1.807) is 0 Å². The molecule has 2 aromatic rings. The average molecular weight is 343 g/mol. The first-order valence-corrected chi connectivity index (χ1v) is 9.07. The Balaban J connectivity index is 1.57. The van der Waals surface area contributed by atoms with Crippen LogP contribution in [-0.2, 0) is 11.3 Å². The van der Waals surface area contributed by atoms with E-state index in [0.717, 1.165) is 19.4 Å². The van der Waals surface area contributed by atoms with Gasteiger partial charge in [-0.3, -0.25) is 14.2 Å². The minimum atomic E-state index is -0.476. The number of carbonyl (C=O) groups excluding carboxylic acids is 1. The monoisotopic (exact) mass is 343 g/mol. The Morgan fingerprint density at radius 3 is 2.80 bits per heavy atom. The van der Waals surface area contributed by atoms with Crippen LogP contribution in [0.15, 0.2) is 29.3 Å². The summed E-state index contributed by atoms with van der Waals surface area (Å²) in [6.07, 6.45) is 8.39. The molecule has 1 amide bonds. The summed E-state index contributed by atoms with van der Waals surface area (Å²) in [6.45, 7) is 0.742. The number of halogens is 1. The molecule has 1 saturated carbocycles. The molecule has 1 aromatic heterocycles. The third kappa shape index (κ3) is 3.05. The lowest BCUT2D eigenvalue weighted by Crippen LogP contribution is -2.42. The van der Waals surface area contributed by atoms with Crippen LogP contribution in [0, 0.1) is 11.7 Å². The van der Waals surface area contributed by atoms with Crippen LogP contribution < -0.4 is 5.56 Å². The van der Waals surface area contributed by atoms with Gasteiger partial charge in [-0.1, -0.05) is 12.8 Å². The molecule has 0 spiro atoms. The maximum Gasteiger partial charge on any atom is 0.261 e. The zero-order chi connectivity index (χ0) is 17.4. The molecule has 1 aromatic carbocycles. The average Bonchev–Trinajstić information content (AvgIpc) is 3.28. The van der Waals surface area contributed by atoms with Crippen LogP contribution in [0.1, 0.15) is 38.5 Å². The number of nitrogens with zero attached hydrogens (tertiary/aromatic N) is 3. The number of fused-ring (bicyclic) bond motifs is 1. The lowest BCUT2D eigenvalue weighted by molar-refractivity contribution is -0.133. The zero-order valence-electron chi connectivity index (χ0n) is 14.2. The van der Waals surface area contributed by atoms with Crippen LogP contribution in [0.2, 0.25) is 0 Å². The molecular formula is C19H22FN3O2. The third-order valence-electron chi connectivity index (χ3n) is 5.66. The normalized spacial score (nSPS) is 21.3. The van der Waals surface area contributed by atoms with Gasteiger partial charge < -0.3 is 4.90 Å². The fraction of sp³-hybridized carbons (Fsp3) is 0.526. The molecule has 1 aliphatic carbocycles. The number of hydrogen-bond acceptors (Lipinski definition) is 3. The van der Waals surface area contributed by atoms with Gasteiger partial charge in [-0.25, -0.2) is 9.37 Å². The maximum atomic E-state index is 13.4. The first kappa shape index (κ1) is 16.2. The lowest BCUT2D eigenvalue weighted by atomic mass is 9.96. The summed E-state index contributed by atoms with van der Waals surface area (Å²) >= 11 is 0. The van der Waals surface area contributed by atoms with Crippen molar-refractivity contribution in [3.63, 3.8) is 0 Å². The van der Waals surface area contributed by atoms with E-state index in [-0.39, 0.29) is 23.4 Å². The maximum absolute atomic E-state index is 13.4. The van der Waals surface area contributed by atoms with E-state index in [2.05, 4.69) is 4.98 Å². The Kier molecular flexibility index (Phi) is 4.27. The Morgan fingerprint density at radius 1 is 1.20 bits per heavy atom. The third-order valence-corrected chi connectivity index (χ3v) is 5.66. The van der Waals surface area contributed by atoms with E-state index >= 15 is 0 Å². The predicted octanol–water partition coefficient (Wildman–Crippen LogP) is 2.72. The summed E-state index contributed by atoms with van der Waals surface area (Å²) < 4.78 is 14.7. The van der Waals surface area contributed by atoms with Crippen molar-refractivity contribution < 1.29 is 9.18 Å². The van der Waals surface area contributed by atoms with Crippen LogP contribution in [0.3, 0.4) is 0 Å². The van der Waals surface area contributed by atoms with Gasteiger partial charge in [0.2, 0.25) is 5.91 Å². The highest BCUT2D eigenvalue weighted by Gasteiger charge is 2.35. The Morgan fingerprint density at radius 2 is 2.00 bits per heavy atom. The van der Waals surface area contributed by atoms with E-state index < -0.39 is 5.82 Å². The quantitative estimate of drug-likeness (QED) is 0.861. The number of rotatable bonds is 3. The second kappa shape index (κ2) is 6.58. The first-order valence-electron chi connectivity index (χ1n) is 9.07. The van der Waals surface area contributed by atoms with Gasteiger partial charge in [-0.05, 0) is 49.8 Å². The van der Waals surface area contributed by atoms with Crippen molar-refractivity contribution in [2.45, 2.75) is 51.1 Å². The molecular weight excluding hydrogens is 321 g/mol. The van der Waals surface area contributed by atoms with E-state index in [0.29, 0.717) is 17.5 Å². The number of hydrogen-bond donors (Lipinski definition) is 0. The minimum absolute atomic E-state index is 0.0263. The molecule has 5 nitrogen and oxygen atoms in total. The number of benzene rings is 1. The largest absolute Gasteiger partial charge is 0.338 e. The Hall–Kier alpha value is -2.24. The van der Waals surface area contributed by atoms with Crippen LogP contribution in [0.25, 0.3) is 10.9 Å². The lowest BCUT2D eigenvalue weighted by Gasteiger charge is -2.29. The van der Waals surface area contributed by atoms with Crippen molar-refractivity contribution in [3.8, 4) is 0 Å². The van der Waals surface area contributed by atoms with E-state index in [1.165, 1.54) is 54.8 Å². The molecule has 4 rings (SSSR count). The molecule has 25 heavy (non-hydrogen) atoms. The second-order valence-electron chi connectivity index (χ2n) is 7.18.